The first-order valence-corrected chi connectivity index (χ1v) is 4.00. The highest BCUT2D eigenvalue weighted by molar-refractivity contribution is 4.81. The van der Waals surface area contributed by atoms with E-state index in [1.807, 2.05) is 0 Å². The van der Waals surface area contributed by atoms with Crippen LogP contribution < -0.4 is 5.32 Å². The van der Waals surface area contributed by atoms with Crippen LogP contribution in [-0.4, -0.2) is 38.5 Å². The van der Waals surface area contributed by atoms with E-state index in [1.165, 1.54) is 0 Å². The van der Waals surface area contributed by atoms with Crippen LogP contribution in [0.2, 0.25) is 0 Å². The zero-order chi connectivity index (χ0) is 8.32. The summed E-state index contributed by atoms with van der Waals surface area (Å²) >= 11 is 0. The van der Waals surface area contributed by atoms with E-state index >= 15 is 0 Å². The third kappa shape index (κ3) is 2.77. The van der Waals surface area contributed by atoms with Crippen molar-refractivity contribution in [3.8, 4) is 0 Å². The van der Waals surface area contributed by atoms with Crippen LogP contribution >= 0.6 is 0 Å². The van der Waals surface area contributed by atoms with Crippen LogP contribution in [0.4, 0.5) is 0 Å². The molecule has 1 fully saturated rings. The molecule has 1 aliphatic rings. The summed E-state index contributed by atoms with van der Waals surface area (Å²) in [6, 6.07) is 0.369. The van der Waals surface area contributed by atoms with E-state index in [2.05, 4.69) is 19.2 Å². The van der Waals surface area contributed by atoms with Gasteiger partial charge in [-0.15, -0.1) is 0 Å². The molecule has 1 unspecified atom stereocenters. The predicted molar refractivity (Wildman–Crippen MR) is 43.7 cm³/mol. The van der Waals surface area contributed by atoms with Crippen LogP contribution in [0.1, 0.15) is 13.8 Å². The van der Waals surface area contributed by atoms with Crippen molar-refractivity contribution >= 4 is 0 Å². The first-order valence-electron chi connectivity index (χ1n) is 4.00. The summed E-state index contributed by atoms with van der Waals surface area (Å²) in [5, 5.41) is 3.36. The molecule has 1 rings (SSSR count). The van der Waals surface area contributed by atoms with Crippen LogP contribution in [0, 0.1) is 0 Å². The third-order valence-corrected chi connectivity index (χ3v) is 1.86. The van der Waals surface area contributed by atoms with Crippen molar-refractivity contribution < 1.29 is 9.47 Å². The normalized spacial score (nSPS) is 30.3. The summed E-state index contributed by atoms with van der Waals surface area (Å²) < 4.78 is 10.6. The molecular formula is C8H17NO2. The van der Waals surface area contributed by atoms with Gasteiger partial charge in [0, 0.05) is 13.7 Å². The molecule has 0 bridgehead atoms. The second-order valence-corrected chi connectivity index (χ2v) is 3.60. The van der Waals surface area contributed by atoms with Gasteiger partial charge in [0.2, 0.25) is 0 Å². The maximum atomic E-state index is 5.59. The molecule has 1 N–H and O–H groups in total. The molecule has 1 aliphatic heterocycles. The Balaban J connectivity index is 2.25. The van der Waals surface area contributed by atoms with Crippen molar-refractivity contribution in [2.75, 3.05) is 26.9 Å². The Bertz CT molecular complexity index is 115. The molecule has 3 nitrogen and oxygen atoms in total. The van der Waals surface area contributed by atoms with E-state index in [1.54, 1.807) is 7.11 Å². The Morgan fingerprint density at radius 1 is 1.64 bits per heavy atom. The molecule has 3 heteroatoms. The fourth-order valence-electron chi connectivity index (χ4n) is 1.13. The first kappa shape index (κ1) is 8.97. The SMILES string of the molecule is COCC1COC(C)(C)CN1. The van der Waals surface area contributed by atoms with Crippen molar-refractivity contribution in [3.05, 3.63) is 0 Å². The highest BCUT2D eigenvalue weighted by atomic mass is 16.5. The van der Waals surface area contributed by atoms with Crippen LogP contribution in [-0.2, 0) is 9.47 Å². The standard InChI is InChI=1S/C8H17NO2/c1-8(2)6-9-7(4-10-3)5-11-8/h7,9H,4-6H2,1-3H3. The fourth-order valence-corrected chi connectivity index (χ4v) is 1.13. The maximum Gasteiger partial charge on any atom is 0.0751 e. The van der Waals surface area contributed by atoms with E-state index in [-0.39, 0.29) is 5.60 Å². The van der Waals surface area contributed by atoms with E-state index < -0.39 is 0 Å². The molecule has 0 saturated carbocycles. The lowest BCUT2D eigenvalue weighted by atomic mass is 10.1. The van der Waals surface area contributed by atoms with Gasteiger partial charge in [0.25, 0.3) is 0 Å². The van der Waals surface area contributed by atoms with Gasteiger partial charge >= 0.3 is 0 Å². The lowest BCUT2D eigenvalue weighted by Gasteiger charge is -2.35. The molecule has 1 heterocycles. The second-order valence-electron chi connectivity index (χ2n) is 3.60. The molecule has 0 aromatic carbocycles. The minimum absolute atomic E-state index is 0.00968. The van der Waals surface area contributed by atoms with E-state index in [9.17, 15) is 0 Å². The average molecular weight is 159 g/mol. The van der Waals surface area contributed by atoms with Crippen molar-refractivity contribution in [3.63, 3.8) is 0 Å². The molecule has 1 saturated heterocycles. The summed E-state index contributed by atoms with van der Waals surface area (Å²) in [5.41, 5.74) is -0.00968. The van der Waals surface area contributed by atoms with Gasteiger partial charge in [0.1, 0.15) is 0 Å². The van der Waals surface area contributed by atoms with Gasteiger partial charge in [-0.2, -0.15) is 0 Å². The number of nitrogens with one attached hydrogen (secondary N) is 1. The Morgan fingerprint density at radius 3 is 2.82 bits per heavy atom. The second kappa shape index (κ2) is 3.52. The van der Waals surface area contributed by atoms with Gasteiger partial charge in [0.05, 0.1) is 24.9 Å². The number of morpholine rings is 1. The lowest BCUT2D eigenvalue weighted by molar-refractivity contribution is -0.0685. The topological polar surface area (TPSA) is 30.5 Å². The molecule has 0 radical (unpaired) electrons. The Labute approximate surface area is 68.1 Å². The van der Waals surface area contributed by atoms with Gasteiger partial charge in [-0.1, -0.05) is 0 Å². The highest BCUT2D eigenvalue weighted by Gasteiger charge is 2.26. The number of hydrogen-bond acceptors (Lipinski definition) is 3. The first-order chi connectivity index (χ1) is 5.14. The van der Waals surface area contributed by atoms with Gasteiger partial charge < -0.3 is 14.8 Å². The Hall–Kier alpha value is -0.120. The molecule has 0 aromatic rings. The average Bonchev–Trinajstić information content (AvgIpc) is 1.94. The minimum atomic E-state index is -0.00968. The van der Waals surface area contributed by atoms with E-state index in [0.29, 0.717) is 6.04 Å². The van der Waals surface area contributed by atoms with Crippen LogP contribution in [0.3, 0.4) is 0 Å². The van der Waals surface area contributed by atoms with Crippen molar-refractivity contribution in [1.82, 2.24) is 5.32 Å². The van der Waals surface area contributed by atoms with Gasteiger partial charge in [-0.3, -0.25) is 0 Å². The number of ether oxygens (including phenoxy) is 2. The Morgan fingerprint density at radius 2 is 2.36 bits per heavy atom. The van der Waals surface area contributed by atoms with Crippen LogP contribution in [0.15, 0.2) is 0 Å². The molecule has 1 atom stereocenters. The van der Waals surface area contributed by atoms with Gasteiger partial charge in [-0.05, 0) is 13.8 Å². The largest absolute Gasteiger partial charge is 0.383 e. The maximum absolute atomic E-state index is 5.59. The Kier molecular flexibility index (Phi) is 2.87. The van der Waals surface area contributed by atoms with Crippen molar-refractivity contribution in [2.45, 2.75) is 25.5 Å². The molecule has 0 aliphatic carbocycles. The molecule has 66 valence electrons. The third-order valence-electron chi connectivity index (χ3n) is 1.86. The summed E-state index contributed by atoms with van der Waals surface area (Å²) in [5.74, 6) is 0. The van der Waals surface area contributed by atoms with E-state index in [0.717, 1.165) is 19.8 Å². The van der Waals surface area contributed by atoms with Gasteiger partial charge in [0.15, 0.2) is 0 Å². The smallest absolute Gasteiger partial charge is 0.0751 e. The quantitative estimate of drug-likeness (QED) is 0.632. The molecule has 0 spiro atoms. The highest BCUT2D eigenvalue weighted by Crippen LogP contribution is 2.12. The minimum Gasteiger partial charge on any atom is -0.383 e. The summed E-state index contributed by atoms with van der Waals surface area (Å²) in [6.45, 7) is 6.56. The van der Waals surface area contributed by atoms with Crippen molar-refractivity contribution in [2.24, 2.45) is 0 Å². The summed E-state index contributed by atoms with van der Waals surface area (Å²) in [6.07, 6.45) is 0. The lowest BCUT2D eigenvalue weighted by Crippen LogP contribution is -2.53. The number of rotatable bonds is 2. The fraction of sp³-hybridized carbons (Fsp3) is 1.00. The number of methoxy groups -OCH3 is 1. The zero-order valence-electron chi connectivity index (χ0n) is 7.52. The number of hydrogen-bond donors (Lipinski definition) is 1. The zero-order valence-corrected chi connectivity index (χ0v) is 7.52. The molecular weight excluding hydrogens is 142 g/mol. The predicted octanol–water partition coefficient (Wildman–Crippen LogP) is 0.400. The van der Waals surface area contributed by atoms with Crippen LogP contribution in [0.5, 0.6) is 0 Å². The molecule has 0 aromatic heterocycles. The van der Waals surface area contributed by atoms with Gasteiger partial charge in [-0.25, -0.2) is 0 Å². The molecule has 0 amide bonds. The summed E-state index contributed by atoms with van der Waals surface area (Å²) in [4.78, 5) is 0. The summed E-state index contributed by atoms with van der Waals surface area (Å²) in [7, 11) is 1.71. The molecule has 11 heavy (non-hydrogen) atoms. The van der Waals surface area contributed by atoms with E-state index in [4.69, 9.17) is 9.47 Å². The van der Waals surface area contributed by atoms with Crippen LogP contribution in [0.25, 0.3) is 0 Å². The van der Waals surface area contributed by atoms with Crippen molar-refractivity contribution in [1.29, 1.82) is 0 Å². The monoisotopic (exact) mass is 159 g/mol.